The van der Waals surface area contributed by atoms with Gasteiger partial charge in [-0.1, -0.05) is 17.9 Å². The lowest BCUT2D eigenvalue weighted by molar-refractivity contribution is 0.305. The van der Waals surface area contributed by atoms with Crippen LogP contribution in [0.5, 0.6) is 0 Å². The van der Waals surface area contributed by atoms with Crippen LogP contribution < -0.4 is 4.72 Å². The highest BCUT2D eigenvalue weighted by atomic mass is 32.2. The van der Waals surface area contributed by atoms with Gasteiger partial charge in [-0.3, -0.25) is 0 Å². The van der Waals surface area contributed by atoms with Crippen LogP contribution in [0.3, 0.4) is 0 Å². The number of hydrogen-bond donors (Lipinski definition) is 2. The fourth-order valence-electron chi connectivity index (χ4n) is 1.49. The summed E-state index contributed by atoms with van der Waals surface area (Å²) in [5.74, 6) is 5.54. The summed E-state index contributed by atoms with van der Waals surface area (Å²) < 4.78 is 26.7. The van der Waals surface area contributed by atoms with E-state index in [4.69, 9.17) is 5.11 Å². The monoisotopic (exact) mass is 303 g/mol. The van der Waals surface area contributed by atoms with Gasteiger partial charge in [-0.25, -0.2) is 23.1 Å². The van der Waals surface area contributed by atoms with Crippen molar-refractivity contribution < 1.29 is 13.5 Å². The molecule has 0 saturated carbocycles. The van der Waals surface area contributed by atoms with Crippen molar-refractivity contribution in [1.82, 2.24) is 9.97 Å². The maximum Gasteiger partial charge on any atom is 0.264 e. The van der Waals surface area contributed by atoms with Gasteiger partial charge < -0.3 is 5.11 Å². The minimum absolute atomic E-state index is 0.00858. The lowest BCUT2D eigenvalue weighted by Gasteiger charge is -2.06. The second kappa shape index (κ2) is 6.83. The fraction of sp³-hybridized carbons (Fsp3) is 0.143. The summed E-state index contributed by atoms with van der Waals surface area (Å²) in [4.78, 5) is 7.71. The van der Waals surface area contributed by atoms with Crippen LogP contribution in [0.2, 0.25) is 0 Å². The molecule has 0 spiro atoms. The first-order chi connectivity index (χ1) is 10.1. The molecule has 2 aromatic rings. The molecule has 0 bridgehead atoms. The topological polar surface area (TPSA) is 92.2 Å². The number of aliphatic hydroxyl groups excluding tert-OH is 1. The van der Waals surface area contributed by atoms with E-state index >= 15 is 0 Å². The second-order valence-electron chi connectivity index (χ2n) is 3.98. The largest absolute Gasteiger partial charge is 0.395 e. The summed E-state index contributed by atoms with van der Waals surface area (Å²) in [7, 11) is -3.76. The molecular weight excluding hydrogens is 290 g/mol. The summed E-state index contributed by atoms with van der Waals surface area (Å²) in [6.45, 7) is -0.0299. The third-order valence-corrected chi connectivity index (χ3v) is 3.73. The Bertz CT molecular complexity index is 765. The van der Waals surface area contributed by atoms with Gasteiger partial charge in [0.2, 0.25) is 5.95 Å². The van der Waals surface area contributed by atoms with Crippen LogP contribution in [0, 0.1) is 11.8 Å². The lowest BCUT2D eigenvalue weighted by atomic mass is 10.2. The molecule has 0 saturated heterocycles. The van der Waals surface area contributed by atoms with Crippen LogP contribution in [0.15, 0.2) is 47.6 Å². The number of benzene rings is 1. The number of nitrogens with zero attached hydrogens (tertiary/aromatic N) is 2. The third-order valence-electron chi connectivity index (χ3n) is 2.41. The van der Waals surface area contributed by atoms with E-state index in [2.05, 4.69) is 26.5 Å². The molecule has 0 radical (unpaired) electrons. The van der Waals surface area contributed by atoms with E-state index in [0.29, 0.717) is 12.0 Å². The van der Waals surface area contributed by atoms with Gasteiger partial charge in [-0.2, -0.15) is 0 Å². The maximum atomic E-state index is 12.2. The number of rotatable bonds is 4. The van der Waals surface area contributed by atoms with Crippen LogP contribution in [0.25, 0.3) is 0 Å². The number of hydrogen-bond acceptors (Lipinski definition) is 5. The smallest absolute Gasteiger partial charge is 0.264 e. The van der Waals surface area contributed by atoms with Crippen LogP contribution in [-0.4, -0.2) is 30.1 Å². The second-order valence-corrected chi connectivity index (χ2v) is 5.66. The van der Waals surface area contributed by atoms with Crippen LogP contribution >= 0.6 is 0 Å². The quantitative estimate of drug-likeness (QED) is 0.822. The molecular formula is C14H13N3O3S. The normalized spacial score (nSPS) is 10.5. The highest BCUT2D eigenvalue weighted by Crippen LogP contribution is 2.14. The molecule has 108 valence electrons. The van der Waals surface area contributed by atoms with Crippen molar-refractivity contribution in [3.63, 3.8) is 0 Å². The van der Waals surface area contributed by atoms with Gasteiger partial charge >= 0.3 is 0 Å². The van der Waals surface area contributed by atoms with Gasteiger partial charge in [0.25, 0.3) is 10.0 Å². The van der Waals surface area contributed by atoms with Crippen LogP contribution in [-0.2, 0) is 10.0 Å². The lowest BCUT2D eigenvalue weighted by Crippen LogP contribution is -2.14. The van der Waals surface area contributed by atoms with E-state index in [9.17, 15) is 8.42 Å². The Labute approximate surface area is 122 Å². The van der Waals surface area contributed by atoms with E-state index in [1.807, 2.05) is 0 Å². The van der Waals surface area contributed by atoms with E-state index in [-0.39, 0.29) is 17.5 Å². The predicted octanol–water partition coefficient (Wildman–Crippen LogP) is 1.01. The number of sulfonamides is 1. The Morgan fingerprint density at radius 1 is 1.19 bits per heavy atom. The summed E-state index contributed by atoms with van der Waals surface area (Å²) in [6.07, 6.45) is 3.23. The molecule has 1 heterocycles. The van der Waals surface area contributed by atoms with Crippen molar-refractivity contribution >= 4 is 16.0 Å². The zero-order valence-electron chi connectivity index (χ0n) is 11.0. The van der Waals surface area contributed by atoms with Gasteiger partial charge in [-0.15, -0.1) is 0 Å². The average molecular weight is 303 g/mol. The summed E-state index contributed by atoms with van der Waals surface area (Å²) in [6, 6.07) is 7.80. The van der Waals surface area contributed by atoms with Gasteiger partial charge in [0.1, 0.15) is 0 Å². The average Bonchev–Trinajstić information content (AvgIpc) is 2.48. The summed E-state index contributed by atoms with van der Waals surface area (Å²) >= 11 is 0. The minimum atomic E-state index is -3.76. The molecule has 0 unspecified atom stereocenters. The molecule has 0 aliphatic heterocycles. The first kappa shape index (κ1) is 15.0. The van der Waals surface area contributed by atoms with Crippen molar-refractivity contribution in [3.05, 3.63) is 48.3 Å². The highest BCUT2D eigenvalue weighted by molar-refractivity contribution is 7.92. The molecule has 2 N–H and O–H groups in total. The first-order valence-electron chi connectivity index (χ1n) is 6.11. The van der Waals surface area contributed by atoms with E-state index in [0.717, 1.165) is 0 Å². The van der Waals surface area contributed by atoms with Gasteiger partial charge in [-0.05, 0) is 24.3 Å². The molecule has 0 atom stereocenters. The van der Waals surface area contributed by atoms with Gasteiger partial charge in [0.15, 0.2) is 0 Å². The van der Waals surface area contributed by atoms with Gasteiger partial charge in [0, 0.05) is 24.4 Å². The molecule has 7 heteroatoms. The third kappa shape index (κ3) is 4.27. The minimum Gasteiger partial charge on any atom is -0.395 e. The van der Waals surface area contributed by atoms with Crippen LogP contribution in [0.1, 0.15) is 12.0 Å². The molecule has 6 nitrogen and oxygen atoms in total. The number of anilines is 1. The van der Waals surface area contributed by atoms with Crippen molar-refractivity contribution in [3.8, 4) is 11.8 Å². The molecule has 0 aliphatic rings. The van der Waals surface area contributed by atoms with E-state index < -0.39 is 10.0 Å². The molecule has 1 aromatic heterocycles. The molecule has 1 aromatic carbocycles. The molecule has 0 fully saturated rings. The van der Waals surface area contributed by atoms with Crippen LogP contribution in [0.4, 0.5) is 5.95 Å². The summed E-state index contributed by atoms with van der Waals surface area (Å²) in [5, 5.41) is 8.67. The van der Waals surface area contributed by atoms with E-state index in [1.165, 1.54) is 24.5 Å². The Morgan fingerprint density at radius 3 is 2.67 bits per heavy atom. The summed E-state index contributed by atoms with van der Waals surface area (Å²) in [5.41, 5.74) is 0.556. The van der Waals surface area contributed by atoms with E-state index in [1.54, 1.807) is 18.2 Å². The zero-order valence-corrected chi connectivity index (χ0v) is 11.8. The number of nitrogens with one attached hydrogen (secondary N) is 1. The predicted molar refractivity (Wildman–Crippen MR) is 77.9 cm³/mol. The highest BCUT2D eigenvalue weighted by Gasteiger charge is 2.15. The zero-order chi connectivity index (χ0) is 15.1. The fourth-order valence-corrected chi connectivity index (χ4v) is 2.50. The Hall–Kier alpha value is -2.43. The standard InChI is InChI=1S/C14H13N3O3S/c18-10-2-1-5-12-6-3-7-13(11-12)21(19,20)17-14-15-8-4-9-16-14/h3-4,6-9,11,18H,2,10H2,(H,15,16,17). The van der Waals surface area contributed by atoms with Crippen molar-refractivity contribution in [2.45, 2.75) is 11.3 Å². The number of aromatic nitrogens is 2. The SMILES string of the molecule is O=S(=O)(Nc1ncccn1)c1cccc(C#CCCO)c1. The van der Waals surface area contributed by atoms with Gasteiger partial charge in [0.05, 0.1) is 11.5 Å². The maximum absolute atomic E-state index is 12.2. The molecule has 0 aliphatic carbocycles. The Morgan fingerprint density at radius 2 is 1.95 bits per heavy atom. The molecule has 21 heavy (non-hydrogen) atoms. The van der Waals surface area contributed by atoms with Crippen molar-refractivity contribution in [2.75, 3.05) is 11.3 Å². The Balaban J connectivity index is 2.25. The Kier molecular flexibility index (Phi) is 4.87. The molecule has 2 rings (SSSR count). The van der Waals surface area contributed by atoms with Crippen molar-refractivity contribution in [1.29, 1.82) is 0 Å². The number of aliphatic hydroxyl groups is 1. The first-order valence-corrected chi connectivity index (χ1v) is 7.60. The molecule has 0 amide bonds. The van der Waals surface area contributed by atoms with Crippen molar-refractivity contribution in [2.24, 2.45) is 0 Å².